The minimum absolute atomic E-state index is 0.0446. The highest BCUT2D eigenvalue weighted by atomic mass is 16.5. The lowest BCUT2D eigenvalue weighted by atomic mass is 10.1. The first-order valence-corrected chi connectivity index (χ1v) is 10.5. The van der Waals surface area contributed by atoms with Crippen LogP contribution < -0.4 is 14.4 Å². The average Bonchev–Trinajstić information content (AvgIpc) is 3.06. The van der Waals surface area contributed by atoms with E-state index in [2.05, 4.69) is 18.0 Å². The van der Waals surface area contributed by atoms with Crippen LogP contribution in [0.4, 0.5) is 11.4 Å². The quantitative estimate of drug-likeness (QED) is 0.571. The monoisotopic (exact) mass is 392 g/mol. The Hall–Kier alpha value is -2.82. The fraction of sp³-hybridized carbons (Fsp3) is 0.417. The van der Waals surface area contributed by atoms with E-state index < -0.39 is 0 Å². The maximum atomic E-state index is 13.4. The Kier molecular flexibility index (Phi) is 5.84. The molecule has 0 aliphatic carbocycles. The van der Waals surface area contributed by atoms with Crippen LogP contribution in [0.1, 0.15) is 54.9 Å². The molecule has 0 aromatic heterocycles. The van der Waals surface area contributed by atoms with E-state index in [1.807, 2.05) is 35.4 Å². The Balaban J connectivity index is 1.56. The molecule has 29 heavy (non-hydrogen) atoms. The van der Waals surface area contributed by atoms with Crippen molar-refractivity contribution in [3.05, 3.63) is 47.5 Å². The SMILES string of the molecule is CCCCCCCOc1cc2c(cc1OC)C(=O)N1c3ccccc3C[C@H]1C=N2. The van der Waals surface area contributed by atoms with E-state index in [1.165, 1.54) is 24.8 Å². The van der Waals surface area contributed by atoms with Crippen LogP contribution in [0, 0.1) is 0 Å². The molecule has 1 atom stereocenters. The molecule has 0 saturated heterocycles. The van der Waals surface area contributed by atoms with E-state index in [9.17, 15) is 4.79 Å². The molecule has 0 saturated carbocycles. The fourth-order valence-electron chi connectivity index (χ4n) is 4.08. The number of amides is 1. The number of ether oxygens (including phenoxy) is 2. The highest BCUT2D eigenvalue weighted by molar-refractivity contribution is 6.14. The standard InChI is InChI=1S/C24H28N2O3/c1-3-4-5-6-9-12-29-23-15-20-19(14-22(23)28-2)24(27)26-18(16-25-20)13-17-10-7-8-11-21(17)26/h7-8,10-11,14-16,18H,3-6,9,12-13H2,1-2H3/t18-/m0/s1. The Bertz CT molecular complexity index is 922. The van der Waals surface area contributed by atoms with Gasteiger partial charge in [0.05, 0.1) is 31.0 Å². The minimum Gasteiger partial charge on any atom is -0.493 e. The topological polar surface area (TPSA) is 51.1 Å². The summed E-state index contributed by atoms with van der Waals surface area (Å²) < 4.78 is 11.5. The fourth-order valence-corrected chi connectivity index (χ4v) is 4.08. The van der Waals surface area contributed by atoms with E-state index in [4.69, 9.17) is 9.47 Å². The summed E-state index contributed by atoms with van der Waals surface area (Å²) in [5.74, 6) is 1.18. The van der Waals surface area contributed by atoms with Gasteiger partial charge in [0.15, 0.2) is 11.5 Å². The molecular formula is C24H28N2O3. The van der Waals surface area contributed by atoms with Gasteiger partial charge < -0.3 is 9.47 Å². The number of methoxy groups -OCH3 is 1. The van der Waals surface area contributed by atoms with Gasteiger partial charge in [0, 0.05) is 24.4 Å². The van der Waals surface area contributed by atoms with Crippen LogP contribution in [0.3, 0.4) is 0 Å². The Labute approximate surface area is 172 Å². The highest BCUT2D eigenvalue weighted by Gasteiger charge is 2.36. The predicted molar refractivity (Wildman–Crippen MR) is 116 cm³/mol. The third-order valence-electron chi connectivity index (χ3n) is 5.63. The van der Waals surface area contributed by atoms with Crippen molar-refractivity contribution in [3.8, 4) is 11.5 Å². The lowest BCUT2D eigenvalue weighted by molar-refractivity contribution is 0.0986. The number of aliphatic imine (C=N–C) groups is 1. The lowest BCUT2D eigenvalue weighted by Gasteiger charge is -2.22. The van der Waals surface area contributed by atoms with Crippen LogP contribution in [0.25, 0.3) is 0 Å². The first kappa shape index (κ1) is 19.5. The van der Waals surface area contributed by atoms with E-state index >= 15 is 0 Å². The van der Waals surface area contributed by atoms with Gasteiger partial charge in [-0.1, -0.05) is 50.8 Å². The Morgan fingerprint density at radius 2 is 1.93 bits per heavy atom. The Morgan fingerprint density at radius 3 is 2.76 bits per heavy atom. The second kappa shape index (κ2) is 8.68. The number of anilines is 1. The summed E-state index contributed by atoms with van der Waals surface area (Å²) >= 11 is 0. The van der Waals surface area contributed by atoms with Crippen molar-refractivity contribution in [3.63, 3.8) is 0 Å². The van der Waals surface area contributed by atoms with Crippen molar-refractivity contribution in [2.45, 2.75) is 51.5 Å². The molecule has 0 unspecified atom stereocenters. The summed E-state index contributed by atoms with van der Waals surface area (Å²) in [6, 6.07) is 11.6. The van der Waals surface area contributed by atoms with Gasteiger partial charge in [0.1, 0.15) is 0 Å². The van der Waals surface area contributed by atoms with Crippen LogP contribution in [0.2, 0.25) is 0 Å². The first-order chi connectivity index (χ1) is 14.2. The molecule has 2 aliphatic heterocycles. The van der Waals surface area contributed by atoms with Crippen LogP contribution in [-0.2, 0) is 6.42 Å². The largest absolute Gasteiger partial charge is 0.493 e. The van der Waals surface area contributed by atoms with E-state index in [0.29, 0.717) is 29.4 Å². The number of hydrogen-bond donors (Lipinski definition) is 0. The normalized spacial score (nSPS) is 16.8. The molecule has 2 aromatic rings. The van der Waals surface area contributed by atoms with E-state index in [1.54, 1.807) is 13.2 Å². The zero-order valence-corrected chi connectivity index (χ0v) is 17.2. The summed E-state index contributed by atoms with van der Waals surface area (Å²) in [5.41, 5.74) is 3.33. The van der Waals surface area contributed by atoms with Crippen LogP contribution in [0.5, 0.6) is 11.5 Å². The van der Waals surface area contributed by atoms with Crippen molar-refractivity contribution >= 4 is 23.5 Å². The van der Waals surface area contributed by atoms with Crippen molar-refractivity contribution in [2.24, 2.45) is 4.99 Å². The molecule has 2 aliphatic rings. The molecule has 5 nitrogen and oxygen atoms in total. The van der Waals surface area contributed by atoms with Gasteiger partial charge >= 0.3 is 0 Å². The first-order valence-electron chi connectivity index (χ1n) is 10.5. The number of hydrogen-bond acceptors (Lipinski definition) is 4. The van der Waals surface area contributed by atoms with E-state index in [0.717, 1.165) is 24.9 Å². The molecule has 152 valence electrons. The summed E-state index contributed by atoms with van der Waals surface area (Å²) in [5, 5.41) is 0. The molecule has 0 N–H and O–H groups in total. The predicted octanol–water partition coefficient (Wildman–Crippen LogP) is 5.33. The third-order valence-corrected chi connectivity index (χ3v) is 5.63. The van der Waals surface area contributed by atoms with Crippen LogP contribution in [0.15, 0.2) is 41.4 Å². The van der Waals surface area contributed by atoms with Crippen molar-refractivity contribution < 1.29 is 14.3 Å². The molecular weight excluding hydrogens is 364 g/mol. The zero-order valence-electron chi connectivity index (χ0n) is 17.2. The number of nitrogens with zero attached hydrogens (tertiary/aromatic N) is 2. The van der Waals surface area contributed by atoms with Gasteiger partial charge in [0.2, 0.25) is 0 Å². The lowest BCUT2D eigenvalue weighted by Crippen LogP contribution is -2.37. The molecule has 0 bridgehead atoms. The third kappa shape index (κ3) is 3.86. The second-order valence-corrected chi connectivity index (χ2v) is 7.64. The molecule has 1 amide bonds. The zero-order chi connectivity index (χ0) is 20.2. The summed E-state index contributed by atoms with van der Waals surface area (Å²) in [6.07, 6.45) is 8.57. The molecule has 0 fully saturated rings. The van der Waals surface area contributed by atoms with Crippen molar-refractivity contribution in [1.29, 1.82) is 0 Å². The molecule has 2 aromatic carbocycles. The summed E-state index contributed by atoms with van der Waals surface area (Å²) in [7, 11) is 1.61. The van der Waals surface area contributed by atoms with Gasteiger partial charge in [-0.15, -0.1) is 0 Å². The highest BCUT2D eigenvalue weighted by Crippen LogP contribution is 2.40. The maximum absolute atomic E-state index is 13.4. The van der Waals surface area contributed by atoms with Crippen molar-refractivity contribution in [1.82, 2.24) is 0 Å². The van der Waals surface area contributed by atoms with E-state index in [-0.39, 0.29) is 11.9 Å². The number of fused-ring (bicyclic) bond motifs is 4. The number of unbranched alkanes of at least 4 members (excludes halogenated alkanes) is 4. The van der Waals surface area contributed by atoms with Gasteiger partial charge in [-0.05, 0) is 24.1 Å². The molecule has 4 rings (SSSR count). The maximum Gasteiger partial charge on any atom is 0.261 e. The van der Waals surface area contributed by atoms with Gasteiger partial charge in [0.25, 0.3) is 5.91 Å². The van der Waals surface area contributed by atoms with Crippen LogP contribution in [-0.4, -0.2) is 31.9 Å². The number of para-hydroxylation sites is 1. The van der Waals surface area contributed by atoms with Gasteiger partial charge in [-0.2, -0.15) is 0 Å². The van der Waals surface area contributed by atoms with Gasteiger partial charge in [-0.25, -0.2) is 0 Å². The number of carbonyl (C=O) groups is 1. The summed E-state index contributed by atoms with van der Waals surface area (Å²) in [6.45, 7) is 2.85. The van der Waals surface area contributed by atoms with Crippen LogP contribution >= 0.6 is 0 Å². The van der Waals surface area contributed by atoms with Crippen molar-refractivity contribution in [2.75, 3.05) is 18.6 Å². The number of benzene rings is 2. The second-order valence-electron chi connectivity index (χ2n) is 7.64. The molecule has 5 heteroatoms. The molecule has 2 heterocycles. The van der Waals surface area contributed by atoms with Gasteiger partial charge in [-0.3, -0.25) is 14.7 Å². The molecule has 0 radical (unpaired) electrons. The molecule has 0 spiro atoms. The number of rotatable bonds is 8. The minimum atomic E-state index is -0.0544. The smallest absolute Gasteiger partial charge is 0.261 e. The Morgan fingerprint density at radius 1 is 1.10 bits per heavy atom. The number of carbonyl (C=O) groups excluding carboxylic acids is 1. The average molecular weight is 392 g/mol. The summed E-state index contributed by atoms with van der Waals surface area (Å²) in [4.78, 5) is 19.9.